The highest BCUT2D eigenvalue weighted by Gasteiger charge is 2.17. The highest BCUT2D eigenvalue weighted by Crippen LogP contribution is 2.29. The summed E-state index contributed by atoms with van der Waals surface area (Å²) in [5.41, 5.74) is 0.842. The van der Waals surface area contributed by atoms with E-state index in [0.717, 1.165) is 5.56 Å². The lowest BCUT2D eigenvalue weighted by Gasteiger charge is -2.14. The van der Waals surface area contributed by atoms with Crippen molar-refractivity contribution in [3.8, 4) is 5.75 Å². The van der Waals surface area contributed by atoms with Gasteiger partial charge in [0, 0.05) is 31.5 Å². The maximum Gasteiger partial charge on any atom is 0.311 e. The molecule has 0 aliphatic carbocycles. The minimum Gasteiger partial charge on any atom is -0.484 e. The van der Waals surface area contributed by atoms with Gasteiger partial charge in [-0.05, 0) is 18.6 Å². The van der Waals surface area contributed by atoms with Crippen LogP contribution in [-0.2, 0) is 10.1 Å². The fraction of sp³-hybridized carbons (Fsp3) is 0.500. The number of nitrogens with zero attached hydrogens (tertiary/aromatic N) is 1. The van der Waals surface area contributed by atoms with E-state index in [1.54, 1.807) is 19.2 Å². The monoisotopic (exact) mass is 317 g/mol. The van der Waals surface area contributed by atoms with Gasteiger partial charge in [0.25, 0.3) is 0 Å². The molecule has 100 valence electrons. The zero-order valence-corrected chi connectivity index (χ0v) is 12.0. The normalized spacial score (nSPS) is 12.2. The fourth-order valence-corrected chi connectivity index (χ4v) is 1.80. The Morgan fingerprint density at radius 2 is 2.22 bits per heavy atom. The minimum absolute atomic E-state index is 0.00350. The predicted molar refractivity (Wildman–Crippen MR) is 72.3 cm³/mol. The van der Waals surface area contributed by atoms with Crippen LogP contribution in [0, 0.1) is 10.1 Å². The number of ether oxygens (including phenoxy) is 2. The highest BCUT2D eigenvalue weighted by molar-refractivity contribution is 9.08. The molecule has 0 amide bonds. The highest BCUT2D eigenvalue weighted by atomic mass is 79.9. The van der Waals surface area contributed by atoms with Crippen molar-refractivity contribution >= 4 is 21.6 Å². The van der Waals surface area contributed by atoms with E-state index < -0.39 is 4.92 Å². The van der Waals surface area contributed by atoms with Crippen LogP contribution < -0.4 is 4.74 Å². The Kier molecular flexibility index (Phi) is 6.07. The summed E-state index contributed by atoms with van der Waals surface area (Å²) in [6.45, 7) is 2.43. The van der Waals surface area contributed by atoms with Crippen molar-refractivity contribution < 1.29 is 14.4 Å². The van der Waals surface area contributed by atoms with E-state index >= 15 is 0 Å². The summed E-state index contributed by atoms with van der Waals surface area (Å²) in [5.74, 6) is 0.299. The van der Waals surface area contributed by atoms with Crippen LogP contribution >= 0.6 is 15.9 Å². The minimum atomic E-state index is -0.426. The number of halogens is 1. The first-order chi connectivity index (χ1) is 8.58. The second-order valence-electron chi connectivity index (χ2n) is 3.90. The molecule has 0 saturated carbocycles. The second-order valence-corrected chi connectivity index (χ2v) is 4.46. The molecular weight excluding hydrogens is 302 g/mol. The molecule has 1 rings (SSSR count). The first-order valence-electron chi connectivity index (χ1n) is 5.57. The summed E-state index contributed by atoms with van der Waals surface area (Å²) in [5, 5.41) is 11.5. The molecule has 0 N–H and O–H groups in total. The Morgan fingerprint density at radius 3 is 2.78 bits per heavy atom. The first kappa shape index (κ1) is 14.9. The number of methoxy groups -OCH3 is 1. The van der Waals surface area contributed by atoms with Crippen molar-refractivity contribution in [2.75, 3.05) is 13.7 Å². The molecule has 1 unspecified atom stereocenters. The molecule has 6 heteroatoms. The van der Waals surface area contributed by atoms with Crippen LogP contribution in [0.1, 0.15) is 18.9 Å². The van der Waals surface area contributed by atoms with Crippen LogP contribution in [0.15, 0.2) is 18.2 Å². The predicted octanol–water partition coefficient (Wildman–Crippen LogP) is 3.29. The van der Waals surface area contributed by atoms with Crippen molar-refractivity contribution in [2.24, 2.45) is 0 Å². The van der Waals surface area contributed by atoms with Gasteiger partial charge in [0.15, 0.2) is 5.75 Å². The molecule has 1 aromatic carbocycles. The smallest absolute Gasteiger partial charge is 0.311 e. The fourth-order valence-electron chi connectivity index (χ4n) is 1.45. The van der Waals surface area contributed by atoms with E-state index in [-0.39, 0.29) is 11.8 Å². The Morgan fingerprint density at radius 1 is 1.50 bits per heavy atom. The van der Waals surface area contributed by atoms with Crippen molar-refractivity contribution in [1.29, 1.82) is 0 Å². The zero-order valence-electron chi connectivity index (χ0n) is 10.4. The van der Waals surface area contributed by atoms with E-state index in [0.29, 0.717) is 24.1 Å². The summed E-state index contributed by atoms with van der Waals surface area (Å²) >= 11 is 3.27. The lowest BCUT2D eigenvalue weighted by molar-refractivity contribution is -0.386. The molecule has 1 aromatic rings. The van der Waals surface area contributed by atoms with Crippen molar-refractivity contribution in [3.63, 3.8) is 0 Å². The summed E-state index contributed by atoms with van der Waals surface area (Å²) < 4.78 is 10.5. The lowest BCUT2D eigenvalue weighted by Crippen LogP contribution is -2.15. The maximum atomic E-state index is 11.0. The SMILES string of the molecule is COCCC(C)Oc1ccc(CBr)cc1[N+](=O)[O-]. The van der Waals surface area contributed by atoms with Gasteiger partial charge in [0.2, 0.25) is 0 Å². The molecule has 0 radical (unpaired) electrons. The van der Waals surface area contributed by atoms with Gasteiger partial charge in [-0.2, -0.15) is 0 Å². The van der Waals surface area contributed by atoms with Crippen LogP contribution in [0.5, 0.6) is 5.75 Å². The van der Waals surface area contributed by atoms with Crippen LogP contribution in [0.3, 0.4) is 0 Å². The van der Waals surface area contributed by atoms with Crippen molar-refractivity contribution in [1.82, 2.24) is 0 Å². The van der Waals surface area contributed by atoms with Crippen molar-refractivity contribution in [2.45, 2.75) is 24.8 Å². The molecule has 1 atom stereocenters. The third-order valence-electron chi connectivity index (χ3n) is 2.43. The summed E-state index contributed by atoms with van der Waals surface area (Å²) in [7, 11) is 1.61. The number of nitro groups is 1. The van der Waals surface area contributed by atoms with Gasteiger partial charge in [-0.1, -0.05) is 22.0 Å². The van der Waals surface area contributed by atoms with E-state index in [4.69, 9.17) is 9.47 Å². The third kappa shape index (κ3) is 4.27. The molecule has 0 fully saturated rings. The Bertz CT molecular complexity index is 411. The maximum absolute atomic E-state index is 11.0. The number of hydrogen-bond acceptors (Lipinski definition) is 4. The van der Waals surface area contributed by atoms with Gasteiger partial charge < -0.3 is 9.47 Å². The largest absolute Gasteiger partial charge is 0.484 e. The summed E-state index contributed by atoms with van der Waals surface area (Å²) in [6, 6.07) is 4.96. The van der Waals surface area contributed by atoms with Gasteiger partial charge in [-0.15, -0.1) is 0 Å². The van der Waals surface area contributed by atoms with E-state index in [2.05, 4.69) is 15.9 Å². The number of hydrogen-bond donors (Lipinski definition) is 0. The van der Waals surface area contributed by atoms with E-state index in [1.807, 2.05) is 6.92 Å². The standard InChI is InChI=1S/C12H16BrNO4/c1-9(5-6-17-2)18-12-4-3-10(8-13)7-11(12)14(15)16/h3-4,7,9H,5-6,8H2,1-2H3. The third-order valence-corrected chi connectivity index (χ3v) is 3.08. The molecular formula is C12H16BrNO4. The molecule has 5 nitrogen and oxygen atoms in total. The van der Waals surface area contributed by atoms with Gasteiger partial charge in [0.05, 0.1) is 11.0 Å². The molecule has 0 aliphatic heterocycles. The van der Waals surface area contributed by atoms with E-state index in [1.165, 1.54) is 6.07 Å². The molecule has 0 heterocycles. The number of alkyl halides is 1. The first-order valence-corrected chi connectivity index (χ1v) is 6.69. The molecule has 0 bridgehead atoms. The molecule has 0 saturated heterocycles. The quantitative estimate of drug-likeness (QED) is 0.440. The average molecular weight is 318 g/mol. The molecule has 0 aliphatic rings. The van der Waals surface area contributed by atoms with Crippen LogP contribution in [0.2, 0.25) is 0 Å². The number of rotatable bonds is 7. The van der Waals surface area contributed by atoms with Gasteiger partial charge in [0.1, 0.15) is 0 Å². The van der Waals surface area contributed by atoms with Crippen LogP contribution in [-0.4, -0.2) is 24.7 Å². The van der Waals surface area contributed by atoms with Gasteiger partial charge in [-0.25, -0.2) is 0 Å². The Hall–Kier alpha value is -1.14. The van der Waals surface area contributed by atoms with Crippen molar-refractivity contribution in [3.05, 3.63) is 33.9 Å². The average Bonchev–Trinajstić information content (AvgIpc) is 2.36. The zero-order chi connectivity index (χ0) is 13.5. The molecule has 0 aromatic heterocycles. The Balaban J connectivity index is 2.84. The second kappa shape index (κ2) is 7.33. The van der Waals surface area contributed by atoms with Gasteiger partial charge >= 0.3 is 5.69 Å². The van der Waals surface area contributed by atoms with Crippen LogP contribution in [0.4, 0.5) is 5.69 Å². The van der Waals surface area contributed by atoms with Crippen LogP contribution in [0.25, 0.3) is 0 Å². The Labute approximate surface area is 114 Å². The van der Waals surface area contributed by atoms with E-state index in [9.17, 15) is 10.1 Å². The molecule has 0 spiro atoms. The van der Waals surface area contributed by atoms with Gasteiger partial charge in [-0.3, -0.25) is 10.1 Å². The molecule has 18 heavy (non-hydrogen) atoms. The summed E-state index contributed by atoms with van der Waals surface area (Å²) in [4.78, 5) is 10.5. The lowest BCUT2D eigenvalue weighted by atomic mass is 10.2. The summed E-state index contributed by atoms with van der Waals surface area (Å²) in [6.07, 6.45) is 0.562. The number of nitro benzene ring substituents is 1. The number of benzene rings is 1. The topological polar surface area (TPSA) is 61.6 Å².